The van der Waals surface area contributed by atoms with Gasteiger partial charge in [-0.3, -0.25) is 14.9 Å². The summed E-state index contributed by atoms with van der Waals surface area (Å²) in [6, 6.07) is 21.4. The lowest BCUT2D eigenvalue weighted by atomic mass is 9.93. The van der Waals surface area contributed by atoms with Gasteiger partial charge in [0.1, 0.15) is 5.75 Å². The van der Waals surface area contributed by atoms with Crippen molar-refractivity contribution in [1.82, 2.24) is 10.6 Å². The molecule has 1 aliphatic rings. The summed E-state index contributed by atoms with van der Waals surface area (Å²) >= 11 is 0. The lowest BCUT2D eigenvalue weighted by Gasteiger charge is -1.94. The number of rotatable bonds is 5. The number of hydrogen-bond donors (Lipinski definition) is 4. The molecule has 1 amide bonds. The number of ether oxygens (including phenoxy) is 1. The van der Waals surface area contributed by atoms with Crippen LogP contribution in [-0.2, 0) is 4.79 Å². The van der Waals surface area contributed by atoms with Gasteiger partial charge in [-0.25, -0.2) is 0 Å². The van der Waals surface area contributed by atoms with Crippen molar-refractivity contribution in [3.8, 4) is 5.75 Å². The van der Waals surface area contributed by atoms with Gasteiger partial charge in [0, 0.05) is 17.9 Å². The maximum Gasteiger partial charge on any atom is 0.472 e. The predicted molar refractivity (Wildman–Crippen MR) is 132 cm³/mol. The number of benzene rings is 2. The zero-order valence-corrected chi connectivity index (χ0v) is 20.0. The van der Waals surface area contributed by atoms with E-state index < -0.39 is 7.12 Å². The average Bonchev–Trinajstić information content (AvgIpc) is 3.36. The molecular weight excluding hydrogens is 425 g/mol. The Morgan fingerprint density at radius 2 is 1.58 bits per heavy atom. The monoisotopic (exact) mass is 463 g/mol. The van der Waals surface area contributed by atoms with Crippen molar-refractivity contribution in [3.63, 3.8) is 0 Å². The van der Waals surface area contributed by atoms with Crippen LogP contribution in [0.5, 0.6) is 5.75 Å². The number of nitrogens with zero attached hydrogens (tertiary/aromatic N) is 1. The molecule has 3 rings (SSSR count). The summed E-state index contributed by atoms with van der Waals surface area (Å²) in [4.78, 5) is 19.1. The van der Waals surface area contributed by atoms with Crippen LogP contribution in [0.15, 0.2) is 66.7 Å². The fraction of sp³-hybridized carbons (Fsp3) is 0.435. The molecule has 0 spiro atoms. The molecule has 33 heavy (non-hydrogen) atoms. The molecule has 9 nitrogen and oxygen atoms in total. The van der Waals surface area contributed by atoms with E-state index in [1.807, 2.05) is 66.7 Å². The number of para-hydroxylation sites is 1. The van der Waals surface area contributed by atoms with Gasteiger partial charge in [-0.1, -0.05) is 75.4 Å². The Kier molecular flexibility index (Phi) is 23.2. The summed E-state index contributed by atoms with van der Waals surface area (Å²) < 4.78 is 4.91. The fourth-order valence-electron chi connectivity index (χ4n) is 1.91. The van der Waals surface area contributed by atoms with Gasteiger partial charge in [0.2, 0.25) is 12.5 Å². The second kappa shape index (κ2) is 23.7. The van der Waals surface area contributed by atoms with Crippen LogP contribution >= 0.6 is 0 Å². The predicted octanol–water partition coefficient (Wildman–Crippen LogP) is 2.41. The van der Waals surface area contributed by atoms with Crippen molar-refractivity contribution in [1.29, 1.82) is 0 Å². The molecule has 0 aliphatic carbocycles. The van der Waals surface area contributed by atoms with Crippen molar-refractivity contribution in [2.75, 3.05) is 26.6 Å². The highest BCUT2D eigenvalue weighted by Crippen LogP contribution is 2.05. The number of amides is 1. The van der Waals surface area contributed by atoms with Crippen LogP contribution in [0.25, 0.3) is 0 Å². The first kappa shape index (κ1) is 32.2. The molecule has 0 bridgehead atoms. The Labute approximate surface area is 197 Å². The van der Waals surface area contributed by atoms with E-state index in [1.54, 1.807) is 7.11 Å². The molecule has 0 radical (unpaired) electrons. The maximum absolute atomic E-state index is 9.97. The molecular formula is C23H38BN3O6. The van der Waals surface area contributed by atoms with Crippen LogP contribution in [0.1, 0.15) is 27.2 Å². The van der Waals surface area contributed by atoms with E-state index in [1.165, 1.54) is 0 Å². The summed E-state index contributed by atoms with van der Waals surface area (Å²) in [7, 11) is 0.222. The van der Waals surface area contributed by atoms with Crippen LogP contribution in [0.4, 0.5) is 0 Å². The second-order valence-corrected chi connectivity index (χ2v) is 7.34. The zero-order chi connectivity index (χ0) is 25.3. The minimum absolute atomic E-state index is 0.108. The van der Waals surface area contributed by atoms with Gasteiger partial charge in [0.25, 0.3) is 0 Å². The van der Waals surface area contributed by atoms with Gasteiger partial charge >= 0.3 is 7.12 Å². The minimum atomic E-state index is -1.44. The highest BCUT2D eigenvalue weighted by atomic mass is 16.6. The number of methoxy groups -OCH3 is 1. The van der Waals surface area contributed by atoms with Crippen molar-refractivity contribution in [3.05, 3.63) is 76.8 Å². The quantitative estimate of drug-likeness (QED) is 0.232. The third-order valence-corrected chi connectivity index (χ3v) is 3.36. The van der Waals surface area contributed by atoms with E-state index in [4.69, 9.17) is 14.8 Å². The van der Waals surface area contributed by atoms with E-state index in [2.05, 4.69) is 31.4 Å². The number of carbonyl (C=O) groups excluding carboxylic acids is 1. The first-order valence-corrected chi connectivity index (χ1v) is 10.7. The number of hydrogen-bond acceptors (Lipinski definition) is 7. The molecule has 2 aromatic carbocycles. The zero-order valence-electron chi connectivity index (χ0n) is 20.0. The molecule has 1 unspecified atom stereocenters. The van der Waals surface area contributed by atoms with Crippen LogP contribution < -0.4 is 15.4 Å². The smallest absolute Gasteiger partial charge is 0.472 e. The first-order valence-electron chi connectivity index (χ1n) is 10.7. The van der Waals surface area contributed by atoms with Crippen molar-refractivity contribution >= 4 is 13.5 Å². The molecule has 4 N–H and O–H groups in total. The van der Waals surface area contributed by atoms with E-state index in [-0.39, 0.29) is 17.4 Å². The molecule has 1 fully saturated rings. The van der Waals surface area contributed by atoms with E-state index >= 15 is 0 Å². The Morgan fingerprint density at radius 1 is 1.12 bits per heavy atom. The summed E-state index contributed by atoms with van der Waals surface area (Å²) in [5.74, 6) is 1.74. The number of nitrogens with one attached hydrogen (secondary N) is 2. The lowest BCUT2D eigenvalue weighted by molar-refractivity contribution is -0.517. The van der Waals surface area contributed by atoms with E-state index in [0.29, 0.717) is 19.4 Å². The molecule has 1 heterocycles. The SMILES string of the molecule is CC(C)C.COc1ccccc1.O=CNCB(O)O.O=[N+]([O-])C1CCNC1.c1ccccc1. The molecule has 184 valence electrons. The van der Waals surface area contributed by atoms with Gasteiger partial charge in [-0.2, -0.15) is 0 Å². The van der Waals surface area contributed by atoms with Gasteiger partial charge < -0.3 is 25.4 Å². The first-order chi connectivity index (χ1) is 15.7. The molecule has 1 aliphatic heterocycles. The lowest BCUT2D eigenvalue weighted by Crippen LogP contribution is -2.29. The van der Waals surface area contributed by atoms with Gasteiger partial charge in [0.15, 0.2) is 0 Å². The maximum atomic E-state index is 9.97. The van der Waals surface area contributed by atoms with E-state index in [9.17, 15) is 14.9 Å². The molecule has 10 heteroatoms. The normalized spacial score (nSPS) is 13.1. The van der Waals surface area contributed by atoms with Gasteiger partial charge in [0.05, 0.1) is 20.1 Å². The topological polar surface area (TPSA) is 134 Å². The van der Waals surface area contributed by atoms with Crippen molar-refractivity contribution < 1.29 is 24.5 Å². The molecule has 1 atom stereocenters. The Balaban J connectivity index is 0. The van der Waals surface area contributed by atoms with Crippen LogP contribution in [0.2, 0.25) is 0 Å². The highest BCUT2D eigenvalue weighted by molar-refractivity contribution is 6.41. The average molecular weight is 463 g/mol. The summed E-state index contributed by atoms with van der Waals surface area (Å²) in [5.41, 5.74) is 0. The fourth-order valence-corrected chi connectivity index (χ4v) is 1.91. The number of nitro groups is 1. The third kappa shape index (κ3) is 27.0. The number of carbonyl (C=O) groups is 1. The largest absolute Gasteiger partial charge is 0.497 e. The van der Waals surface area contributed by atoms with Crippen molar-refractivity contribution in [2.24, 2.45) is 5.92 Å². The Morgan fingerprint density at radius 3 is 1.79 bits per heavy atom. The molecule has 1 saturated heterocycles. The summed E-state index contributed by atoms with van der Waals surface area (Å²) in [6.45, 7) is 7.85. The highest BCUT2D eigenvalue weighted by Gasteiger charge is 2.23. The minimum Gasteiger partial charge on any atom is -0.497 e. The molecule has 0 saturated carbocycles. The van der Waals surface area contributed by atoms with Gasteiger partial charge in [-0.05, 0) is 18.1 Å². The summed E-state index contributed by atoms with van der Waals surface area (Å²) in [6.07, 6.45) is 0.982. The third-order valence-electron chi connectivity index (χ3n) is 3.36. The van der Waals surface area contributed by atoms with Crippen LogP contribution in [0, 0.1) is 16.0 Å². The Hall–Kier alpha value is -2.95. The van der Waals surface area contributed by atoms with Gasteiger partial charge in [-0.15, -0.1) is 0 Å². The van der Waals surface area contributed by atoms with E-state index in [0.717, 1.165) is 18.2 Å². The Bertz CT molecular complexity index is 643. The van der Waals surface area contributed by atoms with Crippen LogP contribution in [0.3, 0.4) is 0 Å². The summed E-state index contributed by atoms with van der Waals surface area (Å²) in [5, 5.41) is 31.0. The molecule has 2 aromatic rings. The second-order valence-electron chi connectivity index (χ2n) is 7.34. The van der Waals surface area contributed by atoms with Crippen molar-refractivity contribution in [2.45, 2.75) is 33.2 Å². The van der Waals surface area contributed by atoms with Crippen LogP contribution in [-0.4, -0.2) is 61.2 Å². The standard InChI is InChI=1S/C7H8O.C6H6.C4H8N2O2.C4H10.C2H6BNO3/c1-8-7-5-3-2-4-6-7;1-2-4-6-5-3-1;7-6(8)4-1-2-5-3-4;1-4(2)3;5-2-4-1-3(6)7/h2-6H,1H3;1-6H;4-5H,1-3H2;4H,1-3H3;2,6-7H,1H2,(H,4,5). The molecule has 0 aromatic heterocycles.